The lowest BCUT2D eigenvalue weighted by molar-refractivity contribution is -0.256. The van der Waals surface area contributed by atoms with Crippen LogP contribution in [0.3, 0.4) is 0 Å². The lowest BCUT2D eigenvalue weighted by atomic mass is 9.72. The van der Waals surface area contributed by atoms with E-state index in [1.165, 1.54) is 32.4 Å². The molecule has 21 heteroatoms. The van der Waals surface area contributed by atoms with Crippen molar-refractivity contribution in [1.82, 2.24) is 25.8 Å². The number of aliphatic hydroxyl groups is 1. The summed E-state index contributed by atoms with van der Waals surface area (Å²) in [6, 6.07) is 4.13. The minimum atomic E-state index is -2.33. The molecule has 0 aromatic heterocycles. The van der Waals surface area contributed by atoms with Crippen LogP contribution in [-0.2, 0) is 54.1 Å². The molecule has 336 valence electrons. The minimum Gasteiger partial charge on any atom is -0.507 e. The second kappa shape index (κ2) is 17.4. The number of imide groups is 1. The number of methoxy groups -OCH3 is 2. The molecule has 6 aliphatic rings. The van der Waals surface area contributed by atoms with Crippen LogP contribution < -0.4 is 20.7 Å². The Labute approximate surface area is 359 Å². The molecule has 5 amide bonds. The van der Waals surface area contributed by atoms with Crippen molar-refractivity contribution in [3.8, 4) is 17.2 Å². The first-order valence-electron chi connectivity index (χ1n) is 20.5. The number of rotatable bonds is 13. The van der Waals surface area contributed by atoms with E-state index < -0.39 is 126 Å². The Bertz CT molecular complexity index is 2280. The smallest absolute Gasteiger partial charge is 0.254 e. The van der Waals surface area contributed by atoms with Crippen molar-refractivity contribution < 1.29 is 77.3 Å². The van der Waals surface area contributed by atoms with Crippen molar-refractivity contribution in [2.45, 2.75) is 81.4 Å². The highest BCUT2D eigenvalue weighted by atomic mass is 16.7. The number of amides is 5. The first-order chi connectivity index (χ1) is 30.1. The molecular formula is C42H47N5O16. The minimum absolute atomic E-state index is 0.0772. The number of nitrogens with one attached hydrogen (secondary N) is 3. The Morgan fingerprint density at radius 2 is 1.62 bits per heavy atom. The predicted octanol–water partition coefficient (Wildman–Crippen LogP) is -1.19. The van der Waals surface area contributed by atoms with Crippen molar-refractivity contribution >= 4 is 41.1 Å². The summed E-state index contributed by atoms with van der Waals surface area (Å²) >= 11 is 0. The summed E-state index contributed by atoms with van der Waals surface area (Å²) in [4.78, 5) is 92.9. The maximum absolute atomic E-state index is 14.1. The van der Waals surface area contributed by atoms with Gasteiger partial charge in [-0.05, 0) is 13.0 Å². The van der Waals surface area contributed by atoms with Crippen molar-refractivity contribution in [2.75, 3.05) is 53.6 Å². The molecule has 2 aromatic carbocycles. The third kappa shape index (κ3) is 7.94. The topological polar surface area (TPSA) is 278 Å². The van der Waals surface area contributed by atoms with Crippen LogP contribution in [0.25, 0.3) is 0 Å². The van der Waals surface area contributed by atoms with Gasteiger partial charge in [-0.2, -0.15) is 0 Å². The van der Waals surface area contributed by atoms with Crippen LogP contribution in [0.5, 0.6) is 17.2 Å². The van der Waals surface area contributed by atoms with E-state index in [1.807, 2.05) is 0 Å². The molecule has 3 saturated heterocycles. The number of hydrogen-bond acceptors (Lipinski definition) is 17. The zero-order valence-electron chi connectivity index (χ0n) is 34.5. The van der Waals surface area contributed by atoms with E-state index in [0.717, 1.165) is 17.1 Å². The van der Waals surface area contributed by atoms with Crippen molar-refractivity contribution in [3.63, 3.8) is 0 Å². The second-order valence-corrected chi connectivity index (χ2v) is 16.0. The third-order valence-electron chi connectivity index (χ3n) is 12.2. The molecule has 4 heterocycles. The van der Waals surface area contributed by atoms with Gasteiger partial charge < -0.3 is 59.7 Å². The summed E-state index contributed by atoms with van der Waals surface area (Å²) < 4.78 is 35.8. The number of morpholine rings is 1. The van der Waals surface area contributed by atoms with Crippen LogP contribution in [0, 0.1) is 0 Å². The lowest BCUT2D eigenvalue weighted by Crippen LogP contribution is -2.55. The first kappa shape index (κ1) is 43.8. The summed E-state index contributed by atoms with van der Waals surface area (Å²) in [5, 5.41) is 43.7. The standard InChI is InChI=1S/C42H47N5O16/c1-19-38-22(46-13-14-60-40(59-3)39(46)63-38)15-29(61-19)62-24-17-42(57,41(56)45-12-11-44-25(48)9-10-43-26(49)18-47-27(50)7-8-28(47)51)16-21-31(24)37(55)33-32(35(21)53)34(52)20-5-4-6-23(58-2)30(20)36(33)54/h4-8,19,22,24,29,38-40,53,55,57H,9-18H2,1-3H3,(H,43,49)(H,44,48)(H,45,56)/t19-,22-,24-,29-,38+,39+,40-,42-/m0/s1. The molecule has 2 aliphatic carbocycles. The molecular weight excluding hydrogens is 830 g/mol. The van der Waals surface area contributed by atoms with Gasteiger partial charge in [-0.15, -0.1) is 0 Å². The average molecular weight is 878 g/mol. The highest BCUT2D eigenvalue weighted by molar-refractivity contribution is 6.31. The highest BCUT2D eigenvalue weighted by Gasteiger charge is 2.55. The Hall–Kier alpha value is -5.81. The number of carbonyl (C=O) groups excluding carboxylic acids is 7. The Balaban J connectivity index is 0.998. The summed E-state index contributed by atoms with van der Waals surface area (Å²) in [6.07, 6.45) is -3.44. The van der Waals surface area contributed by atoms with E-state index in [9.17, 15) is 48.9 Å². The number of benzene rings is 2. The summed E-state index contributed by atoms with van der Waals surface area (Å²) in [7, 11) is 2.84. The van der Waals surface area contributed by atoms with Crippen LogP contribution in [0.1, 0.15) is 75.3 Å². The van der Waals surface area contributed by atoms with Gasteiger partial charge in [-0.1, -0.05) is 12.1 Å². The zero-order valence-corrected chi connectivity index (χ0v) is 34.5. The van der Waals surface area contributed by atoms with Gasteiger partial charge in [0, 0.05) is 93.9 Å². The fourth-order valence-electron chi connectivity index (χ4n) is 9.24. The van der Waals surface area contributed by atoms with Crippen LogP contribution in [0.4, 0.5) is 0 Å². The zero-order chi connectivity index (χ0) is 44.9. The van der Waals surface area contributed by atoms with E-state index in [0.29, 0.717) is 13.2 Å². The molecule has 0 bridgehead atoms. The maximum Gasteiger partial charge on any atom is 0.254 e. The van der Waals surface area contributed by atoms with Crippen LogP contribution in [0.15, 0.2) is 30.4 Å². The van der Waals surface area contributed by atoms with Gasteiger partial charge in [-0.3, -0.25) is 43.4 Å². The first-order valence-corrected chi connectivity index (χ1v) is 20.5. The molecule has 63 heavy (non-hydrogen) atoms. The second-order valence-electron chi connectivity index (χ2n) is 16.0. The summed E-state index contributed by atoms with van der Waals surface area (Å²) in [5.41, 5.74) is -3.81. The number of phenols is 2. The highest BCUT2D eigenvalue weighted by Crippen LogP contribution is 2.53. The molecule has 0 unspecified atom stereocenters. The van der Waals surface area contributed by atoms with E-state index >= 15 is 0 Å². The molecule has 0 radical (unpaired) electrons. The molecule has 8 atom stereocenters. The van der Waals surface area contributed by atoms with E-state index in [2.05, 4.69) is 20.9 Å². The Kier molecular flexibility index (Phi) is 12.1. The van der Waals surface area contributed by atoms with E-state index in [4.69, 9.17) is 28.4 Å². The number of ether oxygens (including phenoxy) is 6. The molecule has 6 N–H and O–H groups in total. The average Bonchev–Trinajstić information content (AvgIpc) is 3.80. The molecule has 2 aromatic rings. The number of fused-ring (bicyclic) bond motifs is 6. The molecule has 8 rings (SSSR count). The number of nitrogens with zero attached hydrogens (tertiary/aromatic N) is 2. The SMILES string of the molecule is COc1cccc2c1C(=O)c1c(O)c3c(c(O)c1C2=O)C[C@@](O)(C(=O)NCCNC(=O)CCNC(=O)CN1C(=O)C=CC1=O)C[C@@H]3O[C@H]1C[C@H]2[C@H](O[C@@H]3[C@@H](OC)OCCN32)[C@H](C)O1. The van der Waals surface area contributed by atoms with E-state index in [1.54, 1.807) is 6.92 Å². The van der Waals surface area contributed by atoms with Gasteiger partial charge in [0.2, 0.25) is 17.6 Å². The molecule has 0 saturated carbocycles. The van der Waals surface area contributed by atoms with Crippen LogP contribution in [0.2, 0.25) is 0 Å². The number of aromatic hydroxyl groups is 2. The molecule has 0 spiro atoms. The van der Waals surface area contributed by atoms with Gasteiger partial charge in [0.1, 0.15) is 35.5 Å². The largest absolute Gasteiger partial charge is 0.507 e. The van der Waals surface area contributed by atoms with Gasteiger partial charge >= 0.3 is 0 Å². The van der Waals surface area contributed by atoms with Crippen LogP contribution >= 0.6 is 0 Å². The fraction of sp³-hybridized carbons (Fsp3) is 0.500. The summed E-state index contributed by atoms with van der Waals surface area (Å²) in [5.74, 6) is -6.20. The molecule has 3 fully saturated rings. The summed E-state index contributed by atoms with van der Waals surface area (Å²) in [6.45, 7) is 1.83. The van der Waals surface area contributed by atoms with Gasteiger partial charge in [0.25, 0.3) is 17.7 Å². The van der Waals surface area contributed by atoms with Crippen molar-refractivity contribution in [1.29, 1.82) is 0 Å². The third-order valence-corrected chi connectivity index (χ3v) is 12.2. The van der Waals surface area contributed by atoms with Gasteiger partial charge in [0.15, 0.2) is 24.6 Å². The quantitative estimate of drug-likeness (QED) is 0.0669. The van der Waals surface area contributed by atoms with Crippen molar-refractivity contribution in [2.24, 2.45) is 0 Å². The predicted molar refractivity (Wildman–Crippen MR) is 211 cm³/mol. The van der Waals surface area contributed by atoms with Gasteiger partial charge in [-0.25, -0.2) is 0 Å². The maximum atomic E-state index is 14.1. The van der Waals surface area contributed by atoms with Crippen LogP contribution in [-0.4, -0.2) is 162 Å². The number of carbonyl (C=O) groups is 7. The van der Waals surface area contributed by atoms with Crippen molar-refractivity contribution in [3.05, 3.63) is 63.7 Å². The number of phenolic OH excluding ortho intramolecular Hbond substituents is 2. The lowest BCUT2D eigenvalue weighted by Gasteiger charge is -2.43. The van der Waals surface area contributed by atoms with Gasteiger partial charge in [0.05, 0.1) is 42.6 Å². The molecule has 21 nitrogen and oxygen atoms in total. The normalized spacial score (nSPS) is 28.4. The Morgan fingerprint density at radius 1 is 0.905 bits per heavy atom. The fourth-order valence-corrected chi connectivity index (χ4v) is 9.24. The molecule has 4 aliphatic heterocycles. The number of ketones is 2. The Morgan fingerprint density at radius 3 is 2.35 bits per heavy atom. The van der Waals surface area contributed by atoms with E-state index in [-0.39, 0.29) is 66.5 Å². The number of hydrogen-bond donors (Lipinski definition) is 6. The monoisotopic (exact) mass is 877 g/mol.